The molecule has 3 aromatic heterocycles. The van der Waals surface area contributed by atoms with Gasteiger partial charge >= 0.3 is 0 Å². The van der Waals surface area contributed by atoms with Gasteiger partial charge in [0, 0.05) is 27.4 Å². The van der Waals surface area contributed by atoms with E-state index in [1.165, 1.54) is 15.8 Å². The van der Waals surface area contributed by atoms with E-state index in [9.17, 15) is 0 Å². The zero-order valence-corrected chi connectivity index (χ0v) is 8.94. The largest absolute Gasteiger partial charge is 0.255 e. The predicted octanol–water partition coefficient (Wildman–Crippen LogP) is 4.02. The Morgan fingerprint density at radius 2 is 2.14 bits per heavy atom. The van der Waals surface area contributed by atoms with Crippen LogP contribution in [0.1, 0.15) is 0 Å². The smallest absolute Gasteiger partial charge is 0.0815 e. The monoisotopic (exact) mass is 217 g/mol. The Morgan fingerprint density at radius 3 is 3.00 bits per heavy atom. The van der Waals surface area contributed by atoms with Crippen molar-refractivity contribution >= 4 is 33.6 Å². The Balaban J connectivity index is 2.33. The van der Waals surface area contributed by atoms with Crippen LogP contribution in [0, 0.1) is 0 Å². The van der Waals surface area contributed by atoms with Crippen LogP contribution in [0.5, 0.6) is 0 Å². The summed E-state index contributed by atoms with van der Waals surface area (Å²) >= 11 is 3.50. The number of nitrogens with zero attached hydrogens (tertiary/aromatic N) is 1. The summed E-state index contributed by atoms with van der Waals surface area (Å²) < 4.78 is 0. The van der Waals surface area contributed by atoms with Gasteiger partial charge < -0.3 is 0 Å². The minimum atomic E-state index is 1.10. The van der Waals surface area contributed by atoms with Crippen molar-refractivity contribution < 1.29 is 0 Å². The SMILES string of the molecule is c1cnc2csc(-c3ccsc3)c2c1. The first-order valence-electron chi connectivity index (χ1n) is 4.30. The highest BCUT2D eigenvalue weighted by Gasteiger charge is 2.06. The van der Waals surface area contributed by atoms with Gasteiger partial charge in [0.25, 0.3) is 0 Å². The van der Waals surface area contributed by atoms with Crippen molar-refractivity contribution in [1.82, 2.24) is 4.98 Å². The van der Waals surface area contributed by atoms with Crippen molar-refractivity contribution in [1.29, 1.82) is 0 Å². The minimum Gasteiger partial charge on any atom is -0.255 e. The van der Waals surface area contributed by atoms with Crippen molar-refractivity contribution in [3.63, 3.8) is 0 Å². The van der Waals surface area contributed by atoms with Gasteiger partial charge in [-0.1, -0.05) is 0 Å². The molecule has 0 fully saturated rings. The van der Waals surface area contributed by atoms with E-state index >= 15 is 0 Å². The summed E-state index contributed by atoms with van der Waals surface area (Å²) in [5.41, 5.74) is 2.40. The van der Waals surface area contributed by atoms with E-state index < -0.39 is 0 Å². The van der Waals surface area contributed by atoms with Crippen molar-refractivity contribution in [3.05, 3.63) is 40.5 Å². The van der Waals surface area contributed by atoms with Gasteiger partial charge in [-0.2, -0.15) is 11.3 Å². The summed E-state index contributed by atoms with van der Waals surface area (Å²) in [5.74, 6) is 0. The van der Waals surface area contributed by atoms with E-state index in [1.54, 1.807) is 22.7 Å². The lowest BCUT2D eigenvalue weighted by atomic mass is 10.2. The van der Waals surface area contributed by atoms with Gasteiger partial charge in [0.1, 0.15) is 0 Å². The topological polar surface area (TPSA) is 12.9 Å². The molecule has 0 radical (unpaired) electrons. The van der Waals surface area contributed by atoms with Crippen LogP contribution in [0.4, 0.5) is 0 Å². The van der Waals surface area contributed by atoms with Crippen molar-refractivity contribution in [2.75, 3.05) is 0 Å². The molecule has 3 rings (SSSR count). The van der Waals surface area contributed by atoms with Gasteiger partial charge in [0.15, 0.2) is 0 Å². The summed E-state index contributed by atoms with van der Waals surface area (Å²) in [7, 11) is 0. The number of rotatable bonds is 1. The second-order valence-electron chi connectivity index (χ2n) is 3.01. The van der Waals surface area contributed by atoms with Gasteiger partial charge in [-0.15, -0.1) is 11.3 Å². The summed E-state index contributed by atoms with van der Waals surface area (Å²) in [6.07, 6.45) is 1.84. The Hall–Kier alpha value is -1.19. The Kier molecular flexibility index (Phi) is 1.85. The molecule has 68 valence electrons. The summed E-state index contributed by atoms with van der Waals surface area (Å²) in [4.78, 5) is 5.65. The van der Waals surface area contributed by atoms with E-state index in [-0.39, 0.29) is 0 Å². The van der Waals surface area contributed by atoms with Gasteiger partial charge in [0.2, 0.25) is 0 Å². The molecule has 0 amide bonds. The molecular weight excluding hydrogens is 210 g/mol. The third kappa shape index (κ3) is 1.17. The van der Waals surface area contributed by atoms with E-state index in [0.717, 1.165) is 5.52 Å². The van der Waals surface area contributed by atoms with Crippen LogP contribution in [0.25, 0.3) is 21.3 Å². The molecule has 0 saturated carbocycles. The number of thiophene rings is 2. The number of hydrogen-bond donors (Lipinski definition) is 0. The maximum absolute atomic E-state index is 4.33. The molecule has 0 atom stereocenters. The molecule has 1 nitrogen and oxygen atoms in total. The second kappa shape index (κ2) is 3.19. The van der Waals surface area contributed by atoms with Crippen LogP contribution < -0.4 is 0 Å². The normalized spacial score (nSPS) is 10.9. The molecule has 0 unspecified atom stereocenters. The number of fused-ring (bicyclic) bond motifs is 1. The van der Waals surface area contributed by atoms with Crippen LogP contribution in [0.2, 0.25) is 0 Å². The molecule has 0 bridgehead atoms. The van der Waals surface area contributed by atoms with Crippen LogP contribution in [-0.4, -0.2) is 4.98 Å². The first kappa shape index (κ1) is 8.15. The Bertz CT molecular complexity index is 551. The quantitative estimate of drug-likeness (QED) is 0.600. The first-order valence-corrected chi connectivity index (χ1v) is 6.12. The molecule has 3 aromatic rings. The molecule has 3 heteroatoms. The predicted molar refractivity (Wildman–Crippen MR) is 62.9 cm³/mol. The van der Waals surface area contributed by atoms with Gasteiger partial charge in [-0.25, -0.2) is 0 Å². The fourth-order valence-electron chi connectivity index (χ4n) is 1.50. The van der Waals surface area contributed by atoms with Crippen LogP contribution in [0.15, 0.2) is 40.5 Å². The zero-order chi connectivity index (χ0) is 9.38. The molecule has 0 aliphatic heterocycles. The third-order valence-corrected chi connectivity index (χ3v) is 3.87. The molecule has 0 aliphatic rings. The molecule has 0 N–H and O–H groups in total. The van der Waals surface area contributed by atoms with Crippen LogP contribution in [0.3, 0.4) is 0 Å². The molecule has 0 spiro atoms. The van der Waals surface area contributed by atoms with Crippen LogP contribution in [-0.2, 0) is 0 Å². The van der Waals surface area contributed by atoms with Crippen LogP contribution >= 0.6 is 22.7 Å². The molecule has 0 saturated heterocycles. The first-order chi connectivity index (χ1) is 6.95. The fraction of sp³-hybridized carbons (Fsp3) is 0. The highest BCUT2D eigenvalue weighted by Crippen LogP contribution is 2.34. The molecule has 0 aromatic carbocycles. The number of aromatic nitrogens is 1. The van der Waals surface area contributed by atoms with Crippen molar-refractivity contribution in [2.24, 2.45) is 0 Å². The Morgan fingerprint density at radius 1 is 1.14 bits per heavy atom. The van der Waals surface area contributed by atoms with Gasteiger partial charge in [-0.05, 0) is 29.0 Å². The molecule has 3 heterocycles. The fourth-order valence-corrected chi connectivity index (χ4v) is 3.20. The lowest BCUT2D eigenvalue weighted by Crippen LogP contribution is -1.71. The lowest BCUT2D eigenvalue weighted by molar-refractivity contribution is 1.43. The minimum absolute atomic E-state index is 1.10. The van der Waals surface area contributed by atoms with Crippen molar-refractivity contribution in [3.8, 4) is 10.4 Å². The number of pyridine rings is 1. The molecule has 0 aliphatic carbocycles. The average Bonchev–Trinajstić information content (AvgIpc) is 2.85. The standard InChI is InChI=1S/C11H7NS2/c1-2-9-10(12-4-1)7-14-11(9)8-3-5-13-6-8/h1-7H. The van der Waals surface area contributed by atoms with Crippen molar-refractivity contribution in [2.45, 2.75) is 0 Å². The average molecular weight is 217 g/mol. The summed E-state index contributed by atoms with van der Waals surface area (Å²) in [6.45, 7) is 0. The van der Waals surface area contributed by atoms with Gasteiger partial charge in [-0.3, -0.25) is 4.98 Å². The highest BCUT2D eigenvalue weighted by atomic mass is 32.1. The van der Waals surface area contributed by atoms with E-state index in [4.69, 9.17) is 0 Å². The maximum atomic E-state index is 4.33. The maximum Gasteiger partial charge on any atom is 0.0815 e. The van der Waals surface area contributed by atoms with E-state index in [1.807, 2.05) is 12.3 Å². The number of hydrogen-bond acceptors (Lipinski definition) is 3. The van der Waals surface area contributed by atoms with E-state index in [2.05, 4.69) is 33.3 Å². The highest BCUT2D eigenvalue weighted by molar-refractivity contribution is 7.16. The molecular formula is C11H7NS2. The van der Waals surface area contributed by atoms with E-state index in [0.29, 0.717) is 0 Å². The zero-order valence-electron chi connectivity index (χ0n) is 7.31. The Labute approximate surface area is 89.7 Å². The second-order valence-corrected chi connectivity index (χ2v) is 4.67. The van der Waals surface area contributed by atoms with Gasteiger partial charge in [0.05, 0.1) is 5.52 Å². The summed E-state index contributed by atoms with van der Waals surface area (Å²) in [5, 5.41) is 7.66. The summed E-state index contributed by atoms with van der Waals surface area (Å²) in [6, 6.07) is 6.28. The molecule has 14 heavy (non-hydrogen) atoms. The lowest BCUT2D eigenvalue weighted by Gasteiger charge is -1.93. The third-order valence-electron chi connectivity index (χ3n) is 2.15.